The van der Waals surface area contributed by atoms with Crippen LogP contribution in [0.3, 0.4) is 0 Å². The maximum absolute atomic E-state index is 10.8. The molecular formula is C8H15NO3. The lowest BCUT2D eigenvalue weighted by molar-refractivity contribution is -0.281. The molecule has 0 radical (unpaired) electrons. The van der Waals surface area contributed by atoms with Gasteiger partial charge in [0.25, 0.3) is 5.91 Å². The van der Waals surface area contributed by atoms with Crippen LogP contribution in [0.5, 0.6) is 0 Å². The Balaban J connectivity index is 3.65. The molecule has 0 aliphatic rings. The fraction of sp³-hybridized carbons (Fsp3) is 0.625. The number of carbonyl (C=O) groups is 1. The highest BCUT2D eigenvalue weighted by atomic mass is 16.8. The Morgan fingerprint density at radius 3 is 2.42 bits per heavy atom. The molecule has 0 saturated carbocycles. The van der Waals surface area contributed by atoms with Gasteiger partial charge in [0, 0.05) is 5.57 Å². The number of hydrogen-bond donors (Lipinski definition) is 2. The van der Waals surface area contributed by atoms with Crippen LogP contribution < -0.4 is 0 Å². The summed E-state index contributed by atoms with van der Waals surface area (Å²) < 4.78 is 0. The molecule has 0 rings (SSSR count). The van der Waals surface area contributed by atoms with Crippen LogP contribution in [0.1, 0.15) is 32.6 Å². The van der Waals surface area contributed by atoms with Gasteiger partial charge in [-0.15, -0.1) is 0 Å². The van der Waals surface area contributed by atoms with Gasteiger partial charge in [-0.25, -0.2) is 0 Å². The highest BCUT2D eigenvalue weighted by Gasteiger charge is 2.11. The monoisotopic (exact) mass is 173 g/mol. The number of nitrogens with zero attached hydrogens (tertiary/aromatic N) is 1. The summed E-state index contributed by atoms with van der Waals surface area (Å²) in [5.41, 5.74) is 0.230. The lowest BCUT2D eigenvalue weighted by Gasteiger charge is -2.07. The second-order valence-electron chi connectivity index (χ2n) is 2.66. The third kappa shape index (κ3) is 4.10. The number of hydroxylamine groups is 2. The SMILES string of the molecule is C=C(CCCCC)C(=O)N(O)O. The second kappa shape index (κ2) is 5.74. The molecule has 0 aliphatic carbocycles. The number of hydrogen-bond acceptors (Lipinski definition) is 3. The molecule has 0 saturated heterocycles. The van der Waals surface area contributed by atoms with Gasteiger partial charge in [0.2, 0.25) is 0 Å². The average Bonchev–Trinajstić information content (AvgIpc) is 2.03. The normalized spacial score (nSPS) is 9.58. The quantitative estimate of drug-likeness (QED) is 0.288. The molecule has 4 nitrogen and oxygen atoms in total. The second-order valence-corrected chi connectivity index (χ2v) is 2.66. The van der Waals surface area contributed by atoms with E-state index in [1.54, 1.807) is 0 Å². The molecule has 70 valence electrons. The Kier molecular flexibility index (Phi) is 5.32. The predicted octanol–water partition coefficient (Wildman–Crippen LogP) is 1.73. The fourth-order valence-corrected chi connectivity index (χ4v) is 0.837. The van der Waals surface area contributed by atoms with E-state index in [2.05, 4.69) is 13.5 Å². The van der Waals surface area contributed by atoms with Crippen molar-refractivity contribution >= 4 is 5.91 Å². The molecule has 0 aromatic carbocycles. The van der Waals surface area contributed by atoms with Gasteiger partial charge in [-0.2, -0.15) is 0 Å². The molecule has 12 heavy (non-hydrogen) atoms. The first kappa shape index (κ1) is 11.1. The zero-order valence-electron chi connectivity index (χ0n) is 7.29. The van der Waals surface area contributed by atoms with Crippen molar-refractivity contribution in [2.75, 3.05) is 0 Å². The van der Waals surface area contributed by atoms with E-state index in [1.165, 1.54) is 0 Å². The standard InChI is InChI=1S/C8H15NO3/c1-3-4-5-6-7(2)8(10)9(11)12/h11-12H,2-6H2,1H3. The molecule has 4 heteroatoms. The summed E-state index contributed by atoms with van der Waals surface area (Å²) in [5, 5.41) is 16.2. The Hall–Kier alpha value is -0.870. The van der Waals surface area contributed by atoms with Crippen molar-refractivity contribution in [1.82, 2.24) is 5.23 Å². The summed E-state index contributed by atoms with van der Waals surface area (Å²) in [4.78, 5) is 10.8. The lowest BCUT2D eigenvalue weighted by atomic mass is 10.1. The zero-order chi connectivity index (χ0) is 9.56. The van der Waals surface area contributed by atoms with Gasteiger partial charge in [-0.1, -0.05) is 31.6 Å². The van der Waals surface area contributed by atoms with Crippen molar-refractivity contribution in [3.8, 4) is 0 Å². The van der Waals surface area contributed by atoms with Gasteiger partial charge in [0.05, 0.1) is 0 Å². The summed E-state index contributed by atoms with van der Waals surface area (Å²) in [6.45, 7) is 5.49. The van der Waals surface area contributed by atoms with E-state index >= 15 is 0 Å². The Morgan fingerprint density at radius 1 is 1.42 bits per heavy atom. The number of rotatable bonds is 5. The maximum Gasteiger partial charge on any atom is 0.298 e. The molecule has 0 heterocycles. The molecule has 0 aliphatic heterocycles. The number of amides is 1. The molecule has 0 bridgehead atoms. The minimum atomic E-state index is -0.828. The maximum atomic E-state index is 10.8. The van der Waals surface area contributed by atoms with Crippen LogP contribution in [-0.2, 0) is 4.79 Å². The van der Waals surface area contributed by atoms with E-state index in [4.69, 9.17) is 10.4 Å². The van der Waals surface area contributed by atoms with Crippen LogP contribution in [0, 0.1) is 0 Å². The van der Waals surface area contributed by atoms with Crippen molar-refractivity contribution < 1.29 is 15.2 Å². The van der Waals surface area contributed by atoms with Crippen molar-refractivity contribution in [3.05, 3.63) is 12.2 Å². The first-order valence-corrected chi connectivity index (χ1v) is 3.99. The van der Waals surface area contributed by atoms with Crippen LogP contribution in [0.15, 0.2) is 12.2 Å². The zero-order valence-corrected chi connectivity index (χ0v) is 7.29. The largest absolute Gasteiger partial charge is 0.298 e. The van der Waals surface area contributed by atoms with Crippen molar-refractivity contribution in [3.63, 3.8) is 0 Å². The first-order valence-electron chi connectivity index (χ1n) is 3.99. The minimum Gasteiger partial charge on any atom is -0.265 e. The predicted molar refractivity (Wildman–Crippen MR) is 43.7 cm³/mol. The van der Waals surface area contributed by atoms with Gasteiger partial charge in [-0.05, 0) is 12.8 Å². The minimum absolute atomic E-state index is 0.230. The van der Waals surface area contributed by atoms with Gasteiger partial charge in [0.1, 0.15) is 0 Å². The summed E-state index contributed by atoms with van der Waals surface area (Å²) in [7, 11) is 0. The van der Waals surface area contributed by atoms with Crippen LogP contribution in [-0.4, -0.2) is 21.5 Å². The van der Waals surface area contributed by atoms with Crippen LogP contribution in [0.25, 0.3) is 0 Å². The smallest absolute Gasteiger partial charge is 0.265 e. The number of unbranched alkanes of at least 4 members (excludes halogenated alkanes) is 2. The highest BCUT2D eigenvalue weighted by Crippen LogP contribution is 2.08. The van der Waals surface area contributed by atoms with Crippen molar-refractivity contribution in [1.29, 1.82) is 0 Å². The molecule has 0 atom stereocenters. The Bertz CT molecular complexity index is 166. The van der Waals surface area contributed by atoms with Gasteiger partial charge < -0.3 is 0 Å². The van der Waals surface area contributed by atoms with Crippen LogP contribution in [0.2, 0.25) is 0 Å². The van der Waals surface area contributed by atoms with Crippen LogP contribution >= 0.6 is 0 Å². The Morgan fingerprint density at radius 2 is 2.00 bits per heavy atom. The van der Waals surface area contributed by atoms with Crippen molar-refractivity contribution in [2.45, 2.75) is 32.6 Å². The van der Waals surface area contributed by atoms with Crippen molar-refractivity contribution in [2.24, 2.45) is 0 Å². The Labute approximate surface area is 72.0 Å². The summed E-state index contributed by atoms with van der Waals surface area (Å²) in [6, 6.07) is 0. The molecule has 0 spiro atoms. The molecule has 0 fully saturated rings. The third-order valence-electron chi connectivity index (χ3n) is 1.57. The van der Waals surface area contributed by atoms with E-state index in [9.17, 15) is 4.79 Å². The van der Waals surface area contributed by atoms with Gasteiger partial charge in [-0.3, -0.25) is 15.2 Å². The molecular weight excluding hydrogens is 158 g/mol. The third-order valence-corrected chi connectivity index (χ3v) is 1.57. The molecule has 2 N–H and O–H groups in total. The fourth-order valence-electron chi connectivity index (χ4n) is 0.837. The molecule has 0 unspecified atom stereocenters. The number of carbonyl (C=O) groups excluding carboxylic acids is 1. The summed E-state index contributed by atoms with van der Waals surface area (Å²) >= 11 is 0. The molecule has 1 amide bonds. The summed E-state index contributed by atoms with van der Waals surface area (Å²) in [6.07, 6.45) is 3.45. The molecule has 0 aromatic heterocycles. The van der Waals surface area contributed by atoms with E-state index in [-0.39, 0.29) is 5.57 Å². The highest BCUT2D eigenvalue weighted by molar-refractivity contribution is 5.90. The lowest BCUT2D eigenvalue weighted by Crippen LogP contribution is -2.24. The topological polar surface area (TPSA) is 60.8 Å². The average molecular weight is 173 g/mol. The van der Waals surface area contributed by atoms with Gasteiger partial charge in [0.15, 0.2) is 0 Å². The van der Waals surface area contributed by atoms with E-state index in [0.29, 0.717) is 6.42 Å². The van der Waals surface area contributed by atoms with E-state index in [0.717, 1.165) is 19.3 Å². The first-order chi connectivity index (χ1) is 5.59. The van der Waals surface area contributed by atoms with E-state index in [1.807, 2.05) is 0 Å². The van der Waals surface area contributed by atoms with Gasteiger partial charge >= 0.3 is 0 Å². The van der Waals surface area contributed by atoms with Crippen LogP contribution in [0.4, 0.5) is 0 Å². The van der Waals surface area contributed by atoms with E-state index < -0.39 is 11.1 Å². The molecule has 0 aromatic rings. The summed E-state index contributed by atoms with van der Waals surface area (Å²) in [5.74, 6) is -0.828.